The number of nitrogens with one attached hydrogen (secondary N) is 2. The number of carbonyl (C=O) groups is 1. The predicted molar refractivity (Wildman–Crippen MR) is 50.3 cm³/mol. The normalized spacial score (nSPS) is 20.9. The average molecular weight is 192 g/mol. The molecule has 14 heavy (non-hydrogen) atoms. The first kappa shape index (κ1) is 9.08. The average Bonchev–Trinajstić information content (AvgIpc) is 2.63. The first-order valence-electron chi connectivity index (χ1n) is 4.60. The summed E-state index contributed by atoms with van der Waals surface area (Å²) in [5.74, 6) is 0.864. The molecule has 0 aromatic carbocycles. The number of nitrogens with zero attached hydrogens (tertiary/aromatic N) is 2. The highest BCUT2D eigenvalue weighted by Crippen LogP contribution is 1.99. The summed E-state index contributed by atoms with van der Waals surface area (Å²) in [6, 6.07) is 2.00. The largest absolute Gasteiger partial charge is 0.354 e. The van der Waals surface area contributed by atoms with Gasteiger partial charge in [0, 0.05) is 31.4 Å². The number of hydrogen-bond acceptors (Lipinski definition) is 4. The molecule has 5 heteroatoms. The van der Waals surface area contributed by atoms with Gasteiger partial charge in [-0.3, -0.25) is 4.79 Å². The molecule has 1 atom stereocenters. The molecule has 1 aliphatic rings. The summed E-state index contributed by atoms with van der Waals surface area (Å²) < 4.78 is 0. The Labute approximate surface area is 82.0 Å². The quantitative estimate of drug-likeness (QED) is 0.674. The Morgan fingerprint density at radius 2 is 2.29 bits per heavy atom. The maximum Gasteiger partial charge on any atom is 0.221 e. The number of hydrogen-bond donors (Lipinski definition) is 2. The second kappa shape index (κ2) is 4.15. The molecule has 1 fully saturated rings. The van der Waals surface area contributed by atoms with Crippen LogP contribution < -0.4 is 10.6 Å². The van der Waals surface area contributed by atoms with Crippen LogP contribution >= 0.6 is 0 Å². The molecule has 1 unspecified atom stereocenters. The van der Waals surface area contributed by atoms with E-state index in [4.69, 9.17) is 0 Å². The maximum atomic E-state index is 10.9. The van der Waals surface area contributed by atoms with Crippen LogP contribution in [-0.4, -0.2) is 28.5 Å². The second-order valence-corrected chi connectivity index (χ2v) is 3.25. The number of carbonyl (C=O) groups excluding carboxylic acids is 1. The van der Waals surface area contributed by atoms with Gasteiger partial charge in [-0.1, -0.05) is 0 Å². The van der Waals surface area contributed by atoms with Gasteiger partial charge in [0.05, 0.1) is 6.54 Å². The van der Waals surface area contributed by atoms with Crippen LogP contribution in [0.5, 0.6) is 0 Å². The predicted octanol–water partition coefficient (Wildman–Crippen LogP) is -0.545. The summed E-state index contributed by atoms with van der Waals surface area (Å²) in [6.07, 6.45) is 3.97. The highest BCUT2D eigenvalue weighted by atomic mass is 16.1. The Morgan fingerprint density at radius 3 is 2.93 bits per heavy atom. The summed E-state index contributed by atoms with van der Waals surface area (Å²) in [5, 5.41) is 5.98. The van der Waals surface area contributed by atoms with Gasteiger partial charge in [0.25, 0.3) is 0 Å². The minimum Gasteiger partial charge on any atom is -0.354 e. The van der Waals surface area contributed by atoms with Crippen LogP contribution in [0.25, 0.3) is 0 Å². The Bertz CT molecular complexity index is 314. The standard InChI is InChI=1S/C9H12N4O/c14-9-4-7(5-13-9)12-6-8-10-2-1-3-11-8/h1-3,7,12H,4-6H2,(H,13,14). The molecule has 0 saturated carbocycles. The molecule has 74 valence electrons. The van der Waals surface area contributed by atoms with Crippen molar-refractivity contribution in [1.29, 1.82) is 0 Å². The maximum absolute atomic E-state index is 10.9. The Hall–Kier alpha value is -1.49. The molecule has 0 aliphatic carbocycles. The van der Waals surface area contributed by atoms with Gasteiger partial charge in [-0.15, -0.1) is 0 Å². The molecule has 5 nitrogen and oxygen atoms in total. The van der Waals surface area contributed by atoms with Gasteiger partial charge in [-0.05, 0) is 6.07 Å². The molecule has 1 aliphatic heterocycles. The Balaban J connectivity index is 1.80. The molecule has 1 aromatic heterocycles. The van der Waals surface area contributed by atoms with Crippen molar-refractivity contribution in [3.05, 3.63) is 24.3 Å². The van der Waals surface area contributed by atoms with E-state index in [0.29, 0.717) is 19.5 Å². The monoisotopic (exact) mass is 192 g/mol. The zero-order valence-electron chi connectivity index (χ0n) is 7.73. The molecule has 1 amide bonds. The van der Waals surface area contributed by atoms with E-state index in [2.05, 4.69) is 20.6 Å². The summed E-state index contributed by atoms with van der Waals surface area (Å²) in [4.78, 5) is 19.0. The van der Waals surface area contributed by atoms with E-state index in [0.717, 1.165) is 5.82 Å². The molecule has 2 heterocycles. The molecule has 1 aromatic rings. The first-order valence-corrected chi connectivity index (χ1v) is 4.60. The van der Waals surface area contributed by atoms with Crippen LogP contribution in [0, 0.1) is 0 Å². The topological polar surface area (TPSA) is 66.9 Å². The molecule has 0 radical (unpaired) electrons. The SMILES string of the molecule is O=C1CC(NCc2ncccn2)CN1. The lowest BCUT2D eigenvalue weighted by Gasteiger charge is -2.08. The third kappa shape index (κ3) is 2.26. The smallest absolute Gasteiger partial charge is 0.221 e. The molecule has 2 N–H and O–H groups in total. The summed E-state index contributed by atoms with van der Waals surface area (Å²) in [6.45, 7) is 1.31. The molecule has 0 spiro atoms. The van der Waals surface area contributed by atoms with Crippen molar-refractivity contribution in [2.45, 2.75) is 19.0 Å². The fourth-order valence-corrected chi connectivity index (χ4v) is 1.41. The van der Waals surface area contributed by atoms with Gasteiger partial charge >= 0.3 is 0 Å². The van der Waals surface area contributed by atoms with Gasteiger partial charge in [0.1, 0.15) is 5.82 Å². The minimum atomic E-state index is 0.108. The van der Waals surface area contributed by atoms with E-state index >= 15 is 0 Å². The fourth-order valence-electron chi connectivity index (χ4n) is 1.41. The lowest BCUT2D eigenvalue weighted by atomic mass is 10.2. The summed E-state index contributed by atoms with van der Waals surface area (Å²) >= 11 is 0. The summed E-state index contributed by atoms with van der Waals surface area (Å²) in [5.41, 5.74) is 0. The highest BCUT2D eigenvalue weighted by Gasteiger charge is 2.20. The van der Waals surface area contributed by atoms with Crippen LogP contribution in [0.1, 0.15) is 12.2 Å². The zero-order chi connectivity index (χ0) is 9.80. The van der Waals surface area contributed by atoms with Crippen LogP contribution in [0.3, 0.4) is 0 Å². The van der Waals surface area contributed by atoms with Crippen molar-refractivity contribution in [3.63, 3.8) is 0 Å². The summed E-state index contributed by atoms with van der Waals surface area (Å²) in [7, 11) is 0. The second-order valence-electron chi connectivity index (χ2n) is 3.25. The first-order chi connectivity index (χ1) is 6.84. The van der Waals surface area contributed by atoms with Gasteiger partial charge in [0.15, 0.2) is 0 Å². The molecular weight excluding hydrogens is 180 g/mol. The van der Waals surface area contributed by atoms with Gasteiger partial charge in [0.2, 0.25) is 5.91 Å². The van der Waals surface area contributed by atoms with E-state index in [1.54, 1.807) is 18.5 Å². The Kier molecular flexibility index (Phi) is 2.69. The van der Waals surface area contributed by atoms with Crippen LogP contribution in [0.4, 0.5) is 0 Å². The van der Waals surface area contributed by atoms with Crippen LogP contribution in [0.2, 0.25) is 0 Å². The Morgan fingerprint density at radius 1 is 1.50 bits per heavy atom. The minimum absolute atomic E-state index is 0.108. The van der Waals surface area contributed by atoms with Crippen molar-refractivity contribution in [1.82, 2.24) is 20.6 Å². The van der Waals surface area contributed by atoms with E-state index in [1.165, 1.54) is 0 Å². The third-order valence-electron chi connectivity index (χ3n) is 2.15. The molecular formula is C9H12N4O. The lowest BCUT2D eigenvalue weighted by molar-refractivity contribution is -0.119. The molecule has 0 bridgehead atoms. The van der Waals surface area contributed by atoms with E-state index < -0.39 is 0 Å². The van der Waals surface area contributed by atoms with E-state index in [-0.39, 0.29) is 11.9 Å². The van der Waals surface area contributed by atoms with E-state index in [1.807, 2.05) is 0 Å². The molecule has 1 saturated heterocycles. The van der Waals surface area contributed by atoms with Crippen LogP contribution in [0.15, 0.2) is 18.5 Å². The zero-order valence-corrected chi connectivity index (χ0v) is 7.73. The van der Waals surface area contributed by atoms with Gasteiger partial charge in [-0.2, -0.15) is 0 Å². The number of amides is 1. The molecule has 2 rings (SSSR count). The lowest BCUT2D eigenvalue weighted by Crippen LogP contribution is -2.30. The van der Waals surface area contributed by atoms with Gasteiger partial charge in [-0.25, -0.2) is 9.97 Å². The number of aromatic nitrogens is 2. The van der Waals surface area contributed by atoms with Crippen molar-refractivity contribution in [3.8, 4) is 0 Å². The fraction of sp³-hybridized carbons (Fsp3) is 0.444. The highest BCUT2D eigenvalue weighted by molar-refractivity contribution is 5.78. The van der Waals surface area contributed by atoms with Crippen molar-refractivity contribution >= 4 is 5.91 Å². The third-order valence-corrected chi connectivity index (χ3v) is 2.15. The van der Waals surface area contributed by atoms with Crippen molar-refractivity contribution < 1.29 is 4.79 Å². The van der Waals surface area contributed by atoms with Crippen molar-refractivity contribution in [2.75, 3.05) is 6.54 Å². The van der Waals surface area contributed by atoms with E-state index in [9.17, 15) is 4.79 Å². The van der Waals surface area contributed by atoms with Gasteiger partial charge < -0.3 is 10.6 Å². The van der Waals surface area contributed by atoms with Crippen LogP contribution in [-0.2, 0) is 11.3 Å². The number of rotatable bonds is 3. The van der Waals surface area contributed by atoms with Crippen molar-refractivity contribution in [2.24, 2.45) is 0 Å².